The number of hydrogen-bond donors (Lipinski definition) is 1. The standard InChI is InChI=1S/C16H18N2O/c1-18-10-9-15(16(18)19)17-11-13-7-4-6-12-5-2-3-8-14(12)13/h2-8,15,17H,9-11H2,1H3. The Kier molecular flexibility index (Phi) is 3.22. The molecule has 3 rings (SSSR count). The molecule has 1 atom stereocenters. The lowest BCUT2D eigenvalue weighted by Crippen LogP contribution is -2.36. The predicted octanol–water partition coefficient (Wildman–Crippen LogP) is 2.16. The van der Waals surface area contributed by atoms with E-state index in [1.165, 1.54) is 16.3 Å². The van der Waals surface area contributed by atoms with Gasteiger partial charge < -0.3 is 10.2 Å². The number of nitrogens with one attached hydrogen (secondary N) is 1. The molecule has 1 aliphatic rings. The van der Waals surface area contributed by atoms with Gasteiger partial charge in [0.25, 0.3) is 0 Å². The smallest absolute Gasteiger partial charge is 0.239 e. The normalized spacial score (nSPS) is 19.3. The molecule has 0 aromatic heterocycles. The zero-order chi connectivity index (χ0) is 13.2. The summed E-state index contributed by atoms with van der Waals surface area (Å²) in [6, 6.07) is 14.6. The van der Waals surface area contributed by atoms with Gasteiger partial charge in [0.05, 0.1) is 6.04 Å². The Morgan fingerprint density at radius 1 is 1.21 bits per heavy atom. The van der Waals surface area contributed by atoms with Crippen molar-refractivity contribution in [3.05, 3.63) is 48.0 Å². The zero-order valence-electron chi connectivity index (χ0n) is 11.1. The molecule has 2 aromatic rings. The maximum atomic E-state index is 11.9. The van der Waals surface area contributed by atoms with Crippen molar-refractivity contribution in [2.75, 3.05) is 13.6 Å². The maximum absolute atomic E-state index is 11.9. The molecule has 1 unspecified atom stereocenters. The molecule has 0 aliphatic carbocycles. The molecule has 0 saturated carbocycles. The van der Waals surface area contributed by atoms with Crippen molar-refractivity contribution in [1.82, 2.24) is 10.2 Å². The second-order valence-corrected chi connectivity index (χ2v) is 5.12. The van der Waals surface area contributed by atoms with Crippen molar-refractivity contribution in [1.29, 1.82) is 0 Å². The molecule has 3 nitrogen and oxygen atoms in total. The van der Waals surface area contributed by atoms with Crippen LogP contribution in [-0.4, -0.2) is 30.4 Å². The van der Waals surface area contributed by atoms with E-state index >= 15 is 0 Å². The highest BCUT2D eigenvalue weighted by molar-refractivity contribution is 5.86. The van der Waals surface area contributed by atoms with Gasteiger partial charge in [0.2, 0.25) is 5.91 Å². The molecule has 2 aromatic carbocycles. The molecular weight excluding hydrogens is 236 g/mol. The molecule has 3 heteroatoms. The number of likely N-dealkylation sites (tertiary alicyclic amines) is 1. The first-order valence-corrected chi connectivity index (χ1v) is 6.71. The van der Waals surface area contributed by atoms with Crippen LogP contribution in [0.3, 0.4) is 0 Å². The summed E-state index contributed by atoms with van der Waals surface area (Å²) in [6.07, 6.45) is 0.903. The summed E-state index contributed by atoms with van der Waals surface area (Å²) in [5.74, 6) is 0.209. The fourth-order valence-electron chi connectivity index (χ4n) is 2.69. The SMILES string of the molecule is CN1CCC(NCc2cccc3ccccc23)C1=O. The quantitative estimate of drug-likeness (QED) is 0.910. The molecule has 1 fully saturated rings. The summed E-state index contributed by atoms with van der Waals surface area (Å²) in [6.45, 7) is 1.59. The Morgan fingerprint density at radius 3 is 2.79 bits per heavy atom. The van der Waals surface area contributed by atoms with Crippen LogP contribution in [0.25, 0.3) is 10.8 Å². The monoisotopic (exact) mass is 254 g/mol. The second-order valence-electron chi connectivity index (χ2n) is 5.12. The third kappa shape index (κ3) is 2.34. The van der Waals surface area contributed by atoms with Gasteiger partial charge in [-0.15, -0.1) is 0 Å². The number of likely N-dealkylation sites (N-methyl/N-ethyl adjacent to an activating group) is 1. The summed E-state index contributed by atoms with van der Waals surface area (Å²) in [5, 5.41) is 5.89. The Hall–Kier alpha value is -1.87. The lowest BCUT2D eigenvalue weighted by Gasteiger charge is -2.13. The van der Waals surface area contributed by atoms with Gasteiger partial charge in [-0.25, -0.2) is 0 Å². The van der Waals surface area contributed by atoms with Crippen molar-refractivity contribution >= 4 is 16.7 Å². The summed E-state index contributed by atoms with van der Waals surface area (Å²) >= 11 is 0. The van der Waals surface area contributed by atoms with E-state index in [1.54, 1.807) is 4.90 Å². The molecule has 0 spiro atoms. The Bertz CT molecular complexity index is 603. The van der Waals surface area contributed by atoms with Crippen molar-refractivity contribution in [3.63, 3.8) is 0 Å². The topological polar surface area (TPSA) is 32.3 Å². The van der Waals surface area contributed by atoms with Gasteiger partial charge in [-0.3, -0.25) is 4.79 Å². The van der Waals surface area contributed by atoms with Gasteiger partial charge in [-0.05, 0) is 22.8 Å². The molecule has 19 heavy (non-hydrogen) atoms. The largest absolute Gasteiger partial charge is 0.344 e. The summed E-state index contributed by atoms with van der Waals surface area (Å²) < 4.78 is 0. The average molecular weight is 254 g/mol. The molecule has 98 valence electrons. The minimum Gasteiger partial charge on any atom is -0.344 e. The number of carbonyl (C=O) groups excluding carboxylic acids is 1. The van der Waals surface area contributed by atoms with Crippen LogP contribution in [0.1, 0.15) is 12.0 Å². The molecule has 1 saturated heterocycles. The van der Waals surface area contributed by atoms with E-state index in [1.807, 2.05) is 7.05 Å². The van der Waals surface area contributed by atoms with E-state index in [2.05, 4.69) is 47.8 Å². The van der Waals surface area contributed by atoms with Crippen LogP contribution in [0.15, 0.2) is 42.5 Å². The first kappa shape index (κ1) is 12.2. The van der Waals surface area contributed by atoms with Crippen molar-refractivity contribution < 1.29 is 4.79 Å². The van der Waals surface area contributed by atoms with Gasteiger partial charge in [0.1, 0.15) is 0 Å². The van der Waals surface area contributed by atoms with Crippen LogP contribution in [0.4, 0.5) is 0 Å². The summed E-state index contributed by atoms with van der Waals surface area (Å²) in [7, 11) is 1.86. The van der Waals surface area contributed by atoms with E-state index in [-0.39, 0.29) is 11.9 Å². The van der Waals surface area contributed by atoms with Crippen LogP contribution < -0.4 is 5.32 Å². The van der Waals surface area contributed by atoms with Crippen molar-refractivity contribution in [2.24, 2.45) is 0 Å². The lowest BCUT2D eigenvalue weighted by molar-refractivity contribution is -0.128. The van der Waals surface area contributed by atoms with Crippen LogP contribution >= 0.6 is 0 Å². The Labute approximate surface area is 113 Å². The number of benzene rings is 2. The molecule has 1 N–H and O–H groups in total. The van der Waals surface area contributed by atoms with E-state index in [0.29, 0.717) is 0 Å². The fraction of sp³-hybridized carbons (Fsp3) is 0.312. The van der Waals surface area contributed by atoms with E-state index < -0.39 is 0 Å². The van der Waals surface area contributed by atoms with Gasteiger partial charge >= 0.3 is 0 Å². The van der Waals surface area contributed by atoms with Gasteiger partial charge in [0, 0.05) is 20.1 Å². The van der Waals surface area contributed by atoms with Gasteiger partial charge in [-0.1, -0.05) is 42.5 Å². The number of rotatable bonds is 3. The predicted molar refractivity (Wildman–Crippen MR) is 76.8 cm³/mol. The number of carbonyl (C=O) groups is 1. The first-order valence-electron chi connectivity index (χ1n) is 6.71. The number of nitrogens with zero attached hydrogens (tertiary/aromatic N) is 1. The number of fused-ring (bicyclic) bond motifs is 1. The van der Waals surface area contributed by atoms with Crippen LogP contribution in [0.2, 0.25) is 0 Å². The van der Waals surface area contributed by atoms with E-state index in [9.17, 15) is 4.79 Å². The highest BCUT2D eigenvalue weighted by Crippen LogP contribution is 2.19. The third-order valence-electron chi connectivity index (χ3n) is 3.85. The van der Waals surface area contributed by atoms with Crippen LogP contribution in [0.5, 0.6) is 0 Å². The molecular formula is C16H18N2O. The van der Waals surface area contributed by atoms with Crippen molar-refractivity contribution in [2.45, 2.75) is 19.0 Å². The van der Waals surface area contributed by atoms with E-state index in [4.69, 9.17) is 0 Å². The van der Waals surface area contributed by atoms with Gasteiger partial charge in [-0.2, -0.15) is 0 Å². The molecule has 0 bridgehead atoms. The Balaban J connectivity index is 1.77. The minimum absolute atomic E-state index is 0.0241. The molecule has 0 radical (unpaired) electrons. The zero-order valence-corrected chi connectivity index (χ0v) is 11.1. The average Bonchev–Trinajstić information content (AvgIpc) is 2.76. The molecule has 1 amide bonds. The van der Waals surface area contributed by atoms with Crippen LogP contribution in [-0.2, 0) is 11.3 Å². The second kappa shape index (κ2) is 5.02. The first-order chi connectivity index (χ1) is 9.25. The summed E-state index contributed by atoms with van der Waals surface area (Å²) in [5.41, 5.74) is 1.25. The van der Waals surface area contributed by atoms with Crippen LogP contribution in [0, 0.1) is 0 Å². The molecule has 1 aliphatic heterocycles. The highest BCUT2D eigenvalue weighted by atomic mass is 16.2. The third-order valence-corrected chi connectivity index (χ3v) is 3.85. The Morgan fingerprint density at radius 2 is 2.00 bits per heavy atom. The fourth-order valence-corrected chi connectivity index (χ4v) is 2.69. The number of hydrogen-bond acceptors (Lipinski definition) is 2. The minimum atomic E-state index is -0.0241. The van der Waals surface area contributed by atoms with Crippen molar-refractivity contribution in [3.8, 4) is 0 Å². The maximum Gasteiger partial charge on any atom is 0.239 e. The lowest BCUT2D eigenvalue weighted by atomic mass is 10.0. The highest BCUT2D eigenvalue weighted by Gasteiger charge is 2.28. The molecule has 1 heterocycles. The summed E-state index contributed by atoms with van der Waals surface area (Å²) in [4.78, 5) is 13.6. The number of amides is 1. The van der Waals surface area contributed by atoms with E-state index in [0.717, 1.165) is 19.5 Å². The van der Waals surface area contributed by atoms with Gasteiger partial charge in [0.15, 0.2) is 0 Å².